The molecule has 0 bridgehead atoms. The van der Waals surface area contributed by atoms with Gasteiger partial charge in [0.1, 0.15) is 12.3 Å². The smallest absolute Gasteiger partial charge is 0.403 e. The molecule has 1 atom stereocenters. The zero-order valence-electron chi connectivity index (χ0n) is 25.2. The van der Waals surface area contributed by atoms with Crippen molar-refractivity contribution in [1.29, 1.82) is 0 Å². The number of aliphatic imine (C=N–C) groups is 1. The summed E-state index contributed by atoms with van der Waals surface area (Å²) >= 11 is 5.01. The van der Waals surface area contributed by atoms with Gasteiger partial charge in [-0.05, 0) is 66.5 Å². The lowest BCUT2D eigenvalue weighted by Crippen LogP contribution is -2.42. The number of carbonyl (C=O) groups excluding carboxylic acids is 1. The quantitative estimate of drug-likeness (QED) is 0.0585. The van der Waals surface area contributed by atoms with E-state index in [2.05, 4.69) is 47.2 Å². The van der Waals surface area contributed by atoms with Crippen LogP contribution in [0.5, 0.6) is 0 Å². The van der Waals surface area contributed by atoms with Gasteiger partial charge in [0.05, 0.1) is 0 Å². The molecular formula is C31H40F3NO5S4. The number of nitrogens with zero attached hydrogens (tertiary/aromatic N) is 1. The van der Waals surface area contributed by atoms with Crippen LogP contribution in [-0.2, 0) is 38.9 Å². The van der Waals surface area contributed by atoms with Crippen molar-refractivity contribution in [2.24, 2.45) is 4.99 Å². The second-order valence-electron chi connectivity index (χ2n) is 10.6. The van der Waals surface area contributed by atoms with Gasteiger partial charge in [-0.15, -0.1) is 34.0 Å². The molecule has 0 saturated heterocycles. The molecule has 0 saturated carbocycles. The first-order valence-electron chi connectivity index (χ1n) is 14.8. The third-order valence-electron chi connectivity index (χ3n) is 7.18. The molecule has 1 unspecified atom stereocenters. The summed E-state index contributed by atoms with van der Waals surface area (Å²) in [5.41, 5.74) is 2.41. The van der Waals surface area contributed by atoms with Crippen LogP contribution in [0.3, 0.4) is 0 Å². The highest BCUT2D eigenvalue weighted by molar-refractivity contribution is 7.86. The monoisotopic (exact) mass is 691 g/mol. The van der Waals surface area contributed by atoms with Crippen LogP contribution in [-0.4, -0.2) is 49.7 Å². The van der Waals surface area contributed by atoms with Crippen LogP contribution < -0.4 is 0 Å². The molecule has 1 N–H and O–H groups in total. The normalized spacial score (nSPS) is 13.4. The third kappa shape index (κ3) is 9.72. The van der Waals surface area contributed by atoms with Gasteiger partial charge in [-0.2, -0.15) is 17.2 Å². The molecule has 3 heterocycles. The van der Waals surface area contributed by atoms with Crippen LogP contribution in [0.25, 0.3) is 19.5 Å². The van der Waals surface area contributed by atoms with Crippen molar-refractivity contribution in [3.63, 3.8) is 0 Å². The predicted molar refractivity (Wildman–Crippen MR) is 176 cm³/mol. The van der Waals surface area contributed by atoms with Gasteiger partial charge in [-0.3, -0.25) is 9.55 Å². The molecule has 0 aliphatic heterocycles. The molecule has 0 radical (unpaired) electrons. The van der Waals surface area contributed by atoms with Gasteiger partial charge in [-0.1, -0.05) is 52.4 Å². The standard InChI is InChI=1S/C31H40F3NO5S4/c1-4-6-8-10-12-21-16-17-41-28(21)25-14-15-26(43-25)29-22(13-11-9-7-5-2)18-23(42-29)19-24(35-3)30(36)40-20-27(32)31(33,34)44(37,38)39/h14-18,27H,4-13,19-20H2,1-3H3,(H,37,38,39). The van der Waals surface area contributed by atoms with Crippen LogP contribution >= 0.6 is 34.0 Å². The zero-order chi connectivity index (χ0) is 32.3. The number of halogens is 3. The SMILES string of the molecule is CCCCCCc1ccsc1-c1ccc(-c2sc(CC(=NC)C(=O)OCC(F)C(F)(F)S(=O)(=O)O)cc2CCCCCC)s1. The Morgan fingerprint density at radius 3 is 2.16 bits per heavy atom. The van der Waals surface area contributed by atoms with Gasteiger partial charge < -0.3 is 4.74 Å². The Balaban J connectivity index is 1.79. The maximum atomic E-state index is 13.9. The summed E-state index contributed by atoms with van der Waals surface area (Å²) in [6, 6.07) is 8.53. The first-order chi connectivity index (χ1) is 20.9. The van der Waals surface area contributed by atoms with E-state index in [1.54, 1.807) is 22.7 Å². The molecule has 0 aliphatic rings. The number of hydrogen-bond acceptors (Lipinski definition) is 8. The second-order valence-corrected chi connectivity index (χ2v) is 15.2. The molecular weight excluding hydrogens is 652 g/mol. The minimum absolute atomic E-state index is 0.0403. The summed E-state index contributed by atoms with van der Waals surface area (Å²) < 4.78 is 75.7. The number of aryl methyl sites for hydroxylation is 2. The summed E-state index contributed by atoms with van der Waals surface area (Å²) in [5.74, 6) is -1.14. The van der Waals surface area contributed by atoms with Crippen molar-refractivity contribution in [3.8, 4) is 19.5 Å². The number of carbonyl (C=O) groups is 1. The fraction of sp³-hybridized carbons (Fsp3) is 0.548. The van der Waals surface area contributed by atoms with Gasteiger partial charge in [-0.25, -0.2) is 9.18 Å². The highest BCUT2D eigenvalue weighted by Crippen LogP contribution is 2.43. The molecule has 13 heteroatoms. The van der Waals surface area contributed by atoms with E-state index in [9.17, 15) is 26.4 Å². The number of rotatable bonds is 19. The molecule has 0 aliphatic carbocycles. The Hall–Kier alpha value is -2.06. The average molecular weight is 692 g/mol. The first kappa shape index (κ1) is 36.4. The van der Waals surface area contributed by atoms with E-state index in [-0.39, 0.29) is 12.1 Å². The van der Waals surface area contributed by atoms with Gasteiger partial charge in [0.15, 0.2) is 0 Å². The van der Waals surface area contributed by atoms with Gasteiger partial charge in [0.2, 0.25) is 6.17 Å². The lowest BCUT2D eigenvalue weighted by Gasteiger charge is -2.17. The second kappa shape index (κ2) is 17.0. The van der Waals surface area contributed by atoms with Crippen LogP contribution in [0.4, 0.5) is 13.2 Å². The van der Waals surface area contributed by atoms with Crippen molar-refractivity contribution >= 4 is 55.8 Å². The Labute approximate surface area is 270 Å². The van der Waals surface area contributed by atoms with E-state index in [1.807, 2.05) is 6.07 Å². The average Bonchev–Trinajstić information content (AvgIpc) is 3.74. The summed E-state index contributed by atoms with van der Waals surface area (Å²) in [7, 11) is -4.68. The van der Waals surface area contributed by atoms with E-state index in [0.29, 0.717) is 0 Å². The molecule has 6 nitrogen and oxygen atoms in total. The molecule has 0 amide bonds. The number of ether oxygens (including phenoxy) is 1. The van der Waals surface area contributed by atoms with Crippen LogP contribution in [0.1, 0.15) is 81.2 Å². The summed E-state index contributed by atoms with van der Waals surface area (Å²) in [6.45, 7) is 2.81. The zero-order valence-corrected chi connectivity index (χ0v) is 28.5. The summed E-state index contributed by atoms with van der Waals surface area (Å²) in [6.07, 6.45) is 7.73. The number of thiophene rings is 3. The first-order valence-corrected chi connectivity index (χ1v) is 18.8. The molecule has 0 fully saturated rings. The van der Waals surface area contributed by atoms with Crippen molar-refractivity contribution in [2.45, 2.75) is 95.9 Å². The van der Waals surface area contributed by atoms with Crippen LogP contribution in [0.2, 0.25) is 0 Å². The lowest BCUT2D eigenvalue weighted by atomic mass is 10.1. The van der Waals surface area contributed by atoms with Crippen LogP contribution in [0.15, 0.2) is 34.6 Å². The van der Waals surface area contributed by atoms with Crippen molar-refractivity contribution in [3.05, 3.63) is 45.6 Å². The topological polar surface area (TPSA) is 93.0 Å². The van der Waals surface area contributed by atoms with E-state index in [0.717, 1.165) is 58.7 Å². The van der Waals surface area contributed by atoms with E-state index >= 15 is 0 Å². The molecule has 0 aromatic carbocycles. The maximum absolute atomic E-state index is 13.9. The number of unbranched alkanes of at least 4 members (excludes halogenated alkanes) is 6. The summed E-state index contributed by atoms with van der Waals surface area (Å²) in [4.78, 5) is 22.1. The Morgan fingerprint density at radius 2 is 1.57 bits per heavy atom. The van der Waals surface area contributed by atoms with E-state index < -0.39 is 34.1 Å². The van der Waals surface area contributed by atoms with E-state index in [1.165, 1.54) is 59.4 Å². The van der Waals surface area contributed by atoms with Crippen molar-refractivity contribution in [2.75, 3.05) is 13.7 Å². The molecule has 3 aromatic heterocycles. The molecule has 244 valence electrons. The Kier molecular flexibility index (Phi) is 14.1. The number of esters is 1. The van der Waals surface area contributed by atoms with Gasteiger partial charge >= 0.3 is 21.3 Å². The third-order valence-corrected chi connectivity index (χ3v) is 11.7. The largest absolute Gasteiger partial charge is 0.458 e. The van der Waals surface area contributed by atoms with Gasteiger partial charge in [0, 0.05) is 37.9 Å². The lowest BCUT2D eigenvalue weighted by molar-refractivity contribution is -0.140. The fourth-order valence-electron chi connectivity index (χ4n) is 4.68. The maximum Gasteiger partial charge on any atom is 0.403 e. The molecule has 0 spiro atoms. The minimum atomic E-state index is -6.01. The molecule has 44 heavy (non-hydrogen) atoms. The number of alkyl halides is 3. The van der Waals surface area contributed by atoms with Crippen LogP contribution in [0, 0.1) is 0 Å². The fourth-order valence-corrected chi connectivity index (χ4v) is 8.56. The van der Waals surface area contributed by atoms with Crippen molar-refractivity contribution < 1.29 is 35.7 Å². The highest BCUT2D eigenvalue weighted by atomic mass is 32.2. The van der Waals surface area contributed by atoms with Crippen molar-refractivity contribution in [1.82, 2.24) is 0 Å². The minimum Gasteiger partial charge on any atom is -0.458 e. The number of hydrogen-bond donors (Lipinski definition) is 1. The predicted octanol–water partition coefficient (Wildman–Crippen LogP) is 9.43. The highest BCUT2D eigenvalue weighted by Gasteiger charge is 2.53. The Bertz CT molecular complexity index is 1490. The molecule has 3 rings (SSSR count). The summed E-state index contributed by atoms with van der Waals surface area (Å²) in [5, 5.41) is -2.96. The molecule has 3 aromatic rings. The Morgan fingerprint density at radius 1 is 0.955 bits per heavy atom. The van der Waals surface area contributed by atoms with Gasteiger partial charge in [0.25, 0.3) is 0 Å². The van der Waals surface area contributed by atoms with E-state index in [4.69, 9.17) is 4.55 Å².